The summed E-state index contributed by atoms with van der Waals surface area (Å²) in [7, 11) is 0. The smallest absolute Gasteiger partial charge is 0.131 e. The summed E-state index contributed by atoms with van der Waals surface area (Å²) < 4.78 is 5.73. The standard InChI is InChI=1S/C13H13NO/c14-12-7-8-15-13-10-4-2-1-3-9(10)5-6-11(12)13/h1-6,12H,7-8,14H2. The van der Waals surface area contributed by atoms with Gasteiger partial charge in [0.2, 0.25) is 0 Å². The second-order valence-electron chi connectivity index (χ2n) is 3.95. The van der Waals surface area contributed by atoms with Crippen molar-refractivity contribution in [1.29, 1.82) is 0 Å². The minimum atomic E-state index is 0.123. The summed E-state index contributed by atoms with van der Waals surface area (Å²) in [5, 5.41) is 2.38. The highest BCUT2D eigenvalue weighted by Gasteiger charge is 2.19. The lowest BCUT2D eigenvalue weighted by Gasteiger charge is -2.24. The van der Waals surface area contributed by atoms with Gasteiger partial charge in [-0.2, -0.15) is 0 Å². The Labute approximate surface area is 88.7 Å². The van der Waals surface area contributed by atoms with E-state index in [1.165, 1.54) is 10.8 Å². The summed E-state index contributed by atoms with van der Waals surface area (Å²) in [6.07, 6.45) is 0.908. The summed E-state index contributed by atoms with van der Waals surface area (Å²) in [6, 6.07) is 12.6. The van der Waals surface area contributed by atoms with Gasteiger partial charge in [0.15, 0.2) is 0 Å². The van der Waals surface area contributed by atoms with Crippen LogP contribution in [0.25, 0.3) is 10.8 Å². The molecule has 2 aromatic carbocycles. The highest BCUT2D eigenvalue weighted by Crippen LogP contribution is 2.36. The minimum absolute atomic E-state index is 0.123. The summed E-state index contributed by atoms with van der Waals surface area (Å²) in [5.41, 5.74) is 7.20. The summed E-state index contributed by atoms with van der Waals surface area (Å²) in [6.45, 7) is 0.724. The number of benzene rings is 2. The van der Waals surface area contributed by atoms with Crippen molar-refractivity contribution in [3.63, 3.8) is 0 Å². The Morgan fingerprint density at radius 2 is 2.00 bits per heavy atom. The second kappa shape index (κ2) is 3.24. The van der Waals surface area contributed by atoms with E-state index in [4.69, 9.17) is 10.5 Å². The van der Waals surface area contributed by atoms with E-state index < -0.39 is 0 Å². The average molecular weight is 199 g/mol. The van der Waals surface area contributed by atoms with Gasteiger partial charge in [-0.05, 0) is 5.39 Å². The Kier molecular flexibility index (Phi) is 1.89. The molecule has 1 aliphatic rings. The first-order chi connectivity index (χ1) is 7.36. The van der Waals surface area contributed by atoms with Gasteiger partial charge in [0.1, 0.15) is 5.75 Å². The van der Waals surface area contributed by atoms with Crippen LogP contribution in [-0.2, 0) is 0 Å². The third kappa shape index (κ3) is 1.29. The van der Waals surface area contributed by atoms with Gasteiger partial charge in [0, 0.05) is 23.4 Å². The molecule has 76 valence electrons. The van der Waals surface area contributed by atoms with Gasteiger partial charge in [0.05, 0.1) is 6.61 Å². The zero-order valence-electron chi connectivity index (χ0n) is 8.44. The molecular weight excluding hydrogens is 186 g/mol. The van der Waals surface area contributed by atoms with Crippen LogP contribution in [0.3, 0.4) is 0 Å². The third-order valence-corrected chi connectivity index (χ3v) is 2.98. The van der Waals surface area contributed by atoms with E-state index in [9.17, 15) is 0 Å². The molecule has 1 aliphatic heterocycles. The molecule has 0 amide bonds. The van der Waals surface area contributed by atoms with Gasteiger partial charge in [-0.25, -0.2) is 0 Å². The molecule has 1 unspecified atom stereocenters. The van der Waals surface area contributed by atoms with Crippen LogP contribution in [-0.4, -0.2) is 6.61 Å². The molecule has 0 fully saturated rings. The fourth-order valence-corrected chi connectivity index (χ4v) is 2.16. The summed E-state index contributed by atoms with van der Waals surface area (Å²) in [4.78, 5) is 0. The number of rotatable bonds is 0. The number of ether oxygens (including phenoxy) is 1. The quantitative estimate of drug-likeness (QED) is 0.707. The molecule has 0 saturated carbocycles. The van der Waals surface area contributed by atoms with E-state index >= 15 is 0 Å². The third-order valence-electron chi connectivity index (χ3n) is 2.98. The molecule has 0 spiro atoms. The van der Waals surface area contributed by atoms with Crippen LogP contribution in [0.15, 0.2) is 36.4 Å². The molecule has 2 N–H and O–H groups in total. The molecule has 0 aromatic heterocycles. The molecule has 1 atom stereocenters. The van der Waals surface area contributed by atoms with Crippen molar-refractivity contribution in [3.8, 4) is 5.75 Å². The van der Waals surface area contributed by atoms with Crippen molar-refractivity contribution in [3.05, 3.63) is 42.0 Å². The Balaban J connectivity index is 2.33. The van der Waals surface area contributed by atoms with Crippen LogP contribution in [0.1, 0.15) is 18.0 Å². The normalized spacial score (nSPS) is 19.7. The van der Waals surface area contributed by atoms with Crippen LogP contribution in [0.4, 0.5) is 0 Å². The first-order valence-electron chi connectivity index (χ1n) is 5.26. The molecule has 0 saturated heterocycles. The van der Waals surface area contributed by atoms with E-state index in [1.807, 2.05) is 12.1 Å². The molecule has 2 nitrogen and oxygen atoms in total. The monoisotopic (exact) mass is 199 g/mol. The second-order valence-corrected chi connectivity index (χ2v) is 3.95. The lowest BCUT2D eigenvalue weighted by atomic mass is 9.97. The predicted octanol–water partition coefficient (Wildman–Crippen LogP) is 2.62. The Morgan fingerprint density at radius 1 is 1.13 bits per heavy atom. The lowest BCUT2D eigenvalue weighted by Crippen LogP contribution is -2.20. The Morgan fingerprint density at radius 3 is 2.93 bits per heavy atom. The summed E-state index contributed by atoms with van der Waals surface area (Å²) >= 11 is 0. The number of nitrogens with two attached hydrogens (primary N) is 1. The Bertz CT molecular complexity index is 507. The van der Waals surface area contributed by atoms with Crippen molar-refractivity contribution in [2.45, 2.75) is 12.5 Å². The molecule has 3 rings (SSSR count). The number of fused-ring (bicyclic) bond motifs is 3. The Hall–Kier alpha value is -1.54. The van der Waals surface area contributed by atoms with Gasteiger partial charge in [-0.15, -0.1) is 0 Å². The van der Waals surface area contributed by atoms with Crippen LogP contribution < -0.4 is 10.5 Å². The van der Waals surface area contributed by atoms with E-state index in [0.29, 0.717) is 0 Å². The van der Waals surface area contributed by atoms with E-state index in [-0.39, 0.29) is 6.04 Å². The molecule has 2 aromatic rings. The maximum absolute atomic E-state index is 6.06. The van der Waals surface area contributed by atoms with Gasteiger partial charge in [0.25, 0.3) is 0 Å². The number of hydrogen-bond acceptors (Lipinski definition) is 2. The molecular formula is C13H13NO. The lowest BCUT2D eigenvalue weighted by molar-refractivity contribution is 0.272. The van der Waals surface area contributed by atoms with E-state index in [0.717, 1.165) is 24.3 Å². The van der Waals surface area contributed by atoms with Crippen LogP contribution in [0.5, 0.6) is 5.75 Å². The van der Waals surface area contributed by atoms with Gasteiger partial charge in [-0.1, -0.05) is 36.4 Å². The number of hydrogen-bond donors (Lipinski definition) is 1. The predicted molar refractivity (Wildman–Crippen MR) is 61.0 cm³/mol. The average Bonchev–Trinajstić information content (AvgIpc) is 2.29. The zero-order valence-corrected chi connectivity index (χ0v) is 8.44. The fourth-order valence-electron chi connectivity index (χ4n) is 2.16. The largest absolute Gasteiger partial charge is 0.493 e. The maximum atomic E-state index is 6.06. The molecule has 1 heterocycles. The molecule has 2 heteroatoms. The molecule has 0 aliphatic carbocycles. The van der Waals surface area contributed by atoms with E-state index in [2.05, 4.69) is 24.3 Å². The molecule has 0 bridgehead atoms. The van der Waals surface area contributed by atoms with Crippen molar-refractivity contribution in [1.82, 2.24) is 0 Å². The molecule has 0 radical (unpaired) electrons. The van der Waals surface area contributed by atoms with Crippen LogP contribution in [0.2, 0.25) is 0 Å². The molecule has 15 heavy (non-hydrogen) atoms. The van der Waals surface area contributed by atoms with Crippen molar-refractivity contribution in [2.75, 3.05) is 6.61 Å². The van der Waals surface area contributed by atoms with Crippen molar-refractivity contribution in [2.24, 2.45) is 5.73 Å². The van der Waals surface area contributed by atoms with Crippen LogP contribution in [0, 0.1) is 0 Å². The van der Waals surface area contributed by atoms with Crippen molar-refractivity contribution < 1.29 is 4.74 Å². The van der Waals surface area contributed by atoms with E-state index in [1.54, 1.807) is 0 Å². The highest BCUT2D eigenvalue weighted by atomic mass is 16.5. The summed E-state index contributed by atoms with van der Waals surface area (Å²) in [5.74, 6) is 0.979. The van der Waals surface area contributed by atoms with Gasteiger partial charge in [-0.3, -0.25) is 0 Å². The van der Waals surface area contributed by atoms with Crippen molar-refractivity contribution >= 4 is 10.8 Å². The maximum Gasteiger partial charge on any atom is 0.131 e. The highest BCUT2D eigenvalue weighted by molar-refractivity contribution is 5.89. The minimum Gasteiger partial charge on any atom is -0.493 e. The van der Waals surface area contributed by atoms with Gasteiger partial charge >= 0.3 is 0 Å². The first-order valence-corrected chi connectivity index (χ1v) is 5.26. The topological polar surface area (TPSA) is 35.2 Å². The van der Waals surface area contributed by atoms with Crippen LogP contribution >= 0.6 is 0 Å². The first kappa shape index (κ1) is 8.74. The van der Waals surface area contributed by atoms with Gasteiger partial charge < -0.3 is 10.5 Å². The SMILES string of the molecule is NC1CCOc2c1ccc1ccccc21. The fraction of sp³-hybridized carbons (Fsp3) is 0.231. The zero-order chi connectivity index (χ0) is 10.3.